The Labute approximate surface area is 96.5 Å². The van der Waals surface area contributed by atoms with Gasteiger partial charge < -0.3 is 14.8 Å². The van der Waals surface area contributed by atoms with E-state index in [1.54, 1.807) is 6.26 Å². The van der Waals surface area contributed by atoms with Crippen LogP contribution in [-0.2, 0) is 9.47 Å². The van der Waals surface area contributed by atoms with Crippen LogP contribution in [-0.4, -0.2) is 32.0 Å². The molecule has 0 aliphatic carbocycles. The summed E-state index contributed by atoms with van der Waals surface area (Å²) in [7, 11) is 0. The van der Waals surface area contributed by atoms with E-state index in [1.165, 1.54) is 6.42 Å². The van der Waals surface area contributed by atoms with Gasteiger partial charge in [0.2, 0.25) is 6.79 Å². The molecule has 0 bridgehead atoms. The van der Waals surface area contributed by atoms with Crippen molar-refractivity contribution >= 4 is 0 Å². The van der Waals surface area contributed by atoms with Crippen molar-refractivity contribution in [1.82, 2.24) is 16.2 Å². The molecule has 1 atom stereocenters. The highest BCUT2D eigenvalue weighted by molar-refractivity contribution is 4.94. The quantitative estimate of drug-likeness (QED) is 0.466. The van der Waals surface area contributed by atoms with Crippen molar-refractivity contribution in [2.24, 2.45) is 5.92 Å². The summed E-state index contributed by atoms with van der Waals surface area (Å²) in [5, 5.41) is 3.50. The zero-order valence-electron chi connectivity index (χ0n) is 10.0. The van der Waals surface area contributed by atoms with Crippen LogP contribution in [0.3, 0.4) is 0 Å². The molecule has 0 aromatic rings. The highest BCUT2D eigenvalue weighted by Gasteiger charge is 2.33. The van der Waals surface area contributed by atoms with E-state index in [2.05, 4.69) is 30.0 Å². The Hall–Kier alpha value is -0.780. The molecule has 0 saturated carbocycles. The molecule has 92 valence electrons. The fourth-order valence-electron chi connectivity index (χ4n) is 2.14. The molecular weight excluding hydrogens is 206 g/mol. The second-order valence-electron chi connectivity index (χ2n) is 4.88. The third kappa shape index (κ3) is 2.87. The first-order valence-electron chi connectivity index (χ1n) is 5.83. The highest BCUT2D eigenvalue weighted by Crippen LogP contribution is 2.24. The zero-order chi connectivity index (χ0) is 11.4. The Bertz CT molecular complexity index is 266. The van der Waals surface area contributed by atoms with E-state index in [0.29, 0.717) is 19.3 Å². The molecule has 5 nitrogen and oxygen atoms in total. The molecule has 2 aliphatic rings. The molecule has 1 fully saturated rings. The Kier molecular flexibility index (Phi) is 3.68. The highest BCUT2D eigenvalue weighted by atomic mass is 16.7. The van der Waals surface area contributed by atoms with E-state index in [0.717, 1.165) is 18.8 Å². The number of ether oxygens (including phenoxy) is 2. The van der Waals surface area contributed by atoms with Gasteiger partial charge in [-0.05, 0) is 32.7 Å². The van der Waals surface area contributed by atoms with Gasteiger partial charge in [-0.25, -0.2) is 0 Å². The van der Waals surface area contributed by atoms with Gasteiger partial charge in [-0.3, -0.25) is 10.9 Å². The van der Waals surface area contributed by atoms with Crippen LogP contribution in [0, 0.1) is 5.92 Å². The SMILES string of the molecule is CC1(C)NCCC1CNNCC1=COCO1. The predicted octanol–water partition coefficient (Wildman–Crippen LogP) is 0.314. The average Bonchev–Trinajstić information content (AvgIpc) is 2.83. The van der Waals surface area contributed by atoms with Gasteiger partial charge >= 0.3 is 0 Å². The van der Waals surface area contributed by atoms with Gasteiger partial charge in [0.15, 0.2) is 5.76 Å². The lowest BCUT2D eigenvalue weighted by Crippen LogP contribution is -2.45. The maximum atomic E-state index is 5.19. The van der Waals surface area contributed by atoms with Crippen LogP contribution >= 0.6 is 0 Å². The topological polar surface area (TPSA) is 54.5 Å². The van der Waals surface area contributed by atoms with Crippen molar-refractivity contribution < 1.29 is 9.47 Å². The number of hydrogen-bond acceptors (Lipinski definition) is 5. The van der Waals surface area contributed by atoms with Crippen LogP contribution in [0.5, 0.6) is 0 Å². The second-order valence-corrected chi connectivity index (χ2v) is 4.88. The summed E-state index contributed by atoms with van der Waals surface area (Å²) in [5.41, 5.74) is 6.62. The number of hydrazine groups is 1. The molecule has 0 aromatic heterocycles. The van der Waals surface area contributed by atoms with E-state index in [1.807, 2.05) is 0 Å². The lowest BCUT2D eigenvalue weighted by molar-refractivity contribution is 0.0783. The van der Waals surface area contributed by atoms with Crippen LogP contribution in [0.4, 0.5) is 0 Å². The molecule has 1 saturated heterocycles. The van der Waals surface area contributed by atoms with Crippen LogP contribution in [0.2, 0.25) is 0 Å². The molecule has 0 aromatic carbocycles. The second kappa shape index (κ2) is 5.03. The van der Waals surface area contributed by atoms with Gasteiger partial charge in [-0.2, -0.15) is 0 Å². The summed E-state index contributed by atoms with van der Waals surface area (Å²) >= 11 is 0. The fourth-order valence-corrected chi connectivity index (χ4v) is 2.14. The molecule has 2 rings (SSSR count). The van der Waals surface area contributed by atoms with E-state index >= 15 is 0 Å². The molecule has 5 heteroatoms. The predicted molar refractivity (Wildman–Crippen MR) is 61.3 cm³/mol. The van der Waals surface area contributed by atoms with E-state index in [9.17, 15) is 0 Å². The fraction of sp³-hybridized carbons (Fsp3) is 0.818. The summed E-state index contributed by atoms with van der Waals surface area (Å²) in [6.07, 6.45) is 2.87. The lowest BCUT2D eigenvalue weighted by Gasteiger charge is -2.27. The Morgan fingerprint density at radius 1 is 1.50 bits per heavy atom. The normalized spacial score (nSPS) is 27.4. The molecule has 0 radical (unpaired) electrons. The molecule has 3 N–H and O–H groups in total. The van der Waals surface area contributed by atoms with Crippen LogP contribution in [0.25, 0.3) is 0 Å². The average molecular weight is 227 g/mol. The van der Waals surface area contributed by atoms with E-state index < -0.39 is 0 Å². The minimum Gasteiger partial charge on any atom is -0.462 e. The van der Waals surface area contributed by atoms with Crippen molar-refractivity contribution in [3.8, 4) is 0 Å². The summed E-state index contributed by atoms with van der Waals surface area (Å²) < 4.78 is 10.1. The molecule has 1 unspecified atom stereocenters. The molecule has 0 amide bonds. The number of rotatable bonds is 5. The van der Waals surface area contributed by atoms with Crippen molar-refractivity contribution in [2.75, 3.05) is 26.4 Å². The van der Waals surface area contributed by atoms with Gasteiger partial charge in [0.25, 0.3) is 0 Å². The van der Waals surface area contributed by atoms with Gasteiger partial charge in [0.05, 0.1) is 6.54 Å². The van der Waals surface area contributed by atoms with E-state index in [-0.39, 0.29) is 5.54 Å². The first-order chi connectivity index (χ1) is 7.68. The maximum Gasteiger partial charge on any atom is 0.229 e. The summed E-state index contributed by atoms with van der Waals surface area (Å²) in [6.45, 7) is 7.60. The Morgan fingerprint density at radius 3 is 3.00 bits per heavy atom. The zero-order valence-corrected chi connectivity index (χ0v) is 10.0. The Balaban J connectivity index is 1.61. The van der Waals surface area contributed by atoms with E-state index in [4.69, 9.17) is 9.47 Å². The van der Waals surface area contributed by atoms with Crippen molar-refractivity contribution in [3.05, 3.63) is 12.0 Å². The number of hydrogen-bond donors (Lipinski definition) is 3. The van der Waals surface area contributed by atoms with Crippen LogP contribution < -0.4 is 16.2 Å². The lowest BCUT2D eigenvalue weighted by atomic mass is 9.89. The summed E-state index contributed by atoms with van der Waals surface area (Å²) in [4.78, 5) is 0. The third-order valence-corrected chi connectivity index (χ3v) is 3.36. The molecule has 2 aliphatic heterocycles. The minimum atomic E-state index is 0.237. The standard InChI is InChI=1S/C11H21N3O2/c1-11(2)9(3-4-12-11)5-13-14-6-10-7-15-8-16-10/h7,9,12-14H,3-6,8H2,1-2H3. The smallest absolute Gasteiger partial charge is 0.229 e. The van der Waals surface area contributed by atoms with Gasteiger partial charge in [0, 0.05) is 12.1 Å². The van der Waals surface area contributed by atoms with Gasteiger partial charge in [0.1, 0.15) is 6.26 Å². The molecule has 2 heterocycles. The Morgan fingerprint density at radius 2 is 2.38 bits per heavy atom. The van der Waals surface area contributed by atoms with Gasteiger partial charge in [-0.1, -0.05) is 0 Å². The summed E-state index contributed by atoms with van der Waals surface area (Å²) in [6, 6.07) is 0. The third-order valence-electron chi connectivity index (χ3n) is 3.36. The monoisotopic (exact) mass is 227 g/mol. The van der Waals surface area contributed by atoms with Crippen molar-refractivity contribution in [1.29, 1.82) is 0 Å². The first kappa shape index (κ1) is 11.7. The first-order valence-corrected chi connectivity index (χ1v) is 5.83. The number of nitrogens with one attached hydrogen (secondary N) is 3. The molecule has 16 heavy (non-hydrogen) atoms. The van der Waals surface area contributed by atoms with Crippen molar-refractivity contribution in [2.45, 2.75) is 25.8 Å². The van der Waals surface area contributed by atoms with Gasteiger partial charge in [-0.15, -0.1) is 0 Å². The summed E-state index contributed by atoms with van der Waals surface area (Å²) in [5.74, 6) is 1.51. The maximum absolute atomic E-state index is 5.19. The van der Waals surface area contributed by atoms with Crippen LogP contribution in [0.1, 0.15) is 20.3 Å². The molecular formula is C11H21N3O2. The molecule has 0 spiro atoms. The van der Waals surface area contributed by atoms with Crippen molar-refractivity contribution in [3.63, 3.8) is 0 Å². The largest absolute Gasteiger partial charge is 0.462 e. The minimum absolute atomic E-state index is 0.237. The van der Waals surface area contributed by atoms with Crippen LogP contribution in [0.15, 0.2) is 12.0 Å².